The fraction of sp³-hybridized carbons (Fsp3) is 0.667. The largest absolute Gasteiger partial charge is 0.393 e. The Kier molecular flexibility index (Phi) is 7.64. The van der Waals surface area contributed by atoms with E-state index in [0.29, 0.717) is 32.8 Å². The van der Waals surface area contributed by atoms with Crippen molar-refractivity contribution in [2.45, 2.75) is 44.4 Å². The van der Waals surface area contributed by atoms with E-state index in [2.05, 4.69) is 17.0 Å². The molecule has 150 valence electrons. The Balaban J connectivity index is 1.73. The van der Waals surface area contributed by atoms with Crippen molar-refractivity contribution >= 4 is 5.91 Å². The number of nitrogens with zero attached hydrogens (tertiary/aromatic N) is 2. The highest BCUT2D eigenvalue weighted by Gasteiger charge is 2.37. The molecular formula is C21H32N2O4. The highest BCUT2D eigenvalue weighted by atomic mass is 16.5. The molecule has 2 fully saturated rings. The second-order valence-corrected chi connectivity index (χ2v) is 7.33. The summed E-state index contributed by atoms with van der Waals surface area (Å²) >= 11 is 0. The molecule has 0 radical (unpaired) electrons. The van der Waals surface area contributed by atoms with Crippen LogP contribution in [0.1, 0.15) is 37.8 Å². The Labute approximate surface area is 162 Å². The van der Waals surface area contributed by atoms with Crippen molar-refractivity contribution in [3.63, 3.8) is 0 Å². The van der Waals surface area contributed by atoms with Gasteiger partial charge in [0.2, 0.25) is 5.91 Å². The molecule has 2 aliphatic heterocycles. The Hall–Kier alpha value is -1.47. The highest BCUT2D eigenvalue weighted by molar-refractivity contribution is 5.77. The quantitative estimate of drug-likeness (QED) is 0.736. The monoisotopic (exact) mass is 376 g/mol. The zero-order chi connectivity index (χ0) is 19.1. The van der Waals surface area contributed by atoms with Crippen LogP contribution in [-0.4, -0.2) is 79.0 Å². The van der Waals surface area contributed by atoms with Gasteiger partial charge >= 0.3 is 0 Å². The summed E-state index contributed by atoms with van der Waals surface area (Å²) < 4.78 is 11.5. The van der Waals surface area contributed by atoms with Gasteiger partial charge in [-0.05, 0) is 25.3 Å². The van der Waals surface area contributed by atoms with E-state index < -0.39 is 0 Å². The minimum Gasteiger partial charge on any atom is -0.393 e. The van der Waals surface area contributed by atoms with E-state index >= 15 is 0 Å². The number of carbonyl (C=O) groups is 1. The first kappa shape index (κ1) is 20.3. The van der Waals surface area contributed by atoms with E-state index in [9.17, 15) is 9.90 Å². The number of rotatable bonds is 7. The Morgan fingerprint density at radius 1 is 1.22 bits per heavy atom. The van der Waals surface area contributed by atoms with Crippen molar-refractivity contribution in [2.75, 3.05) is 46.0 Å². The van der Waals surface area contributed by atoms with Gasteiger partial charge in [0, 0.05) is 32.8 Å². The number of hydrogen-bond acceptors (Lipinski definition) is 5. The van der Waals surface area contributed by atoms with Gasteiger partial charge in [0.1, 0.15) is 0 Å². The Morgan fingerprint density at radius 2 is 1.96 bits per heavy atom. The summed E-state index contributed by atoms with van der Waals surface area (Å²) in [6.07, 6.45) is 1.77. The average molecular weight is 376 g/mol. The average Bonchev–Trinajstić information content (AvgIpc) is 2.70. The maximum Gasteiger partial charge on any atom is 0.225 e. The molecule has 6 nitrogen and oxygen atoms in total. The van der Waals surface area contributed by atoms with Gasteiger partial charge in [0.25, 0.3) is 0 Å². The van der Waals surface area contributed by atoms with Gasteiger partial charge in [-0.3, -0.25) is 4.79 Å². The fourth-order valence-corrected chi connectivity index (χ4v) is 4.01. The third-order valence-corrected chi connectivity index (χ3v) is 5.47. The zero-order valence-electron chi connectivity index (χ0n) is 16.3. The van der Waals surface area contributed by atoms with Gasteiger partial charge in [0.15, 0.2) is 0 Å². The van der Waals surface area contributed by atoms with Gasteiger partial charge in [-0.2, -0.15) is 0 Å². The molecule has 2 saturated heterocycles. The van der Waals surface area contributed by atoms with E-state index in [1.807, 2.05) is 30.0 Å². The predicted molar refractivity (Wildman–Crippen MR) is 103 cm³/mol. The SMILES string of the molecule is CCOCCC(=O)N1CCO[C@@H](CN2CCC(O)CC2)[C@@H]1c1ccccc1. The minimum atomic E-state index is -0.185. The van der Waals surface area contributed by atoms with Crippen LogP contribution >= 0.6 is 0 Å². The lowest BCUT2D eigenvalue weighted by Crippen LogP contribution is -2.53. The summed E-state index contributed by atoms with van der Waals surface area (Å²) in [5.74, 6) is 0.125. The Morgan fingerprint density at radius 3 is 2.67 bits per heavy atom. The van der Waals surface area contributed by atoms with E-state index in [4.69, 9.17) is 9.47 Å². The number of ether oxygens (including phenoxy) is 2. The number of morpholine rings is 1. The van der Waals surface area contributed by atoms with Crippen LogP contribution in [0.5, 0.6) is 0 Å². The van der Waals surface area contributed by atoms with Gasteiger partial charge < -0.3 is 24.4 Å². The van der Waals surface area contributed by atoms with E-state index in [1.165, 1.54) is 0 Å². The van der Waals surface area contributed by atoms with E-state index in [0.717, 1.165) is 38.0 Å². The molecule has 6 heteroatoms. The van der Waals surface area contributed by atoms with Crippen molar-refractivity contribution < 1.29 is 19.4 Å². The summed E-state index contributed by atoms with van der Waals surface area (Å²) in [4.78, 5) is 17.2. The smallest absolute Gasteiger partial charge is 0.225 e. The summed E-state index contributed by atoms with van der Waals surface area (Å²) in [5.41, 5.74) is 1.11. The molecule has 0 aliphatic carbocycles. The van der Waals surface area contributed by atoms with Crippen LogP contribution in [0.4, 0.5) is 0 Å². The normalized spacial score (nSPS) is 24.9. The molecule has 0 bridgehead atoms. The maximum absolute atomic E-state index is 12.9. The lowest BCUT2D eigenvalue weighted by Gasteiger charge is -2.44. The highest BCUT2D eigenvalue weighted by Crippen LogP contribution is 2.31. The standard InChI is InChI=1S/C21H32N2O4/c1-2-26-14-10-20(25)23-13-15-27-19(16-22-11-8-18(24)9-12-22)21(23)17-6-4-3-5-7-17/h3-7,18-19,21,24H,2,8-16H2,1H3/t19-,21-/m0/s1. The summed E-state index contributed by atoms with van der Waals surface area (Å²) in [5, 5.41) is 9.76. The van der Waals surface area contributed by atoms with Crippen molar-refractivity contribution in [2.24, 2.45) is 0 Å². The minimum absolute atomic E-state index is 0.0626. The lowest BCUT2D eigenvalue weighted by molar-refractivity contribution is -0.149. The maximum atomic E-state index is 12.9. The Bertz CT molecular complexity index is 575. The third-order valence-electron chi connectivity index (χ3n) is 5.47. The predicted octanol–water partition coefficient (Wildman–Crippen LogP) is 1.84. The van der Waals surface area contributed by atoms with Crippen LogP contribution in [0.15, 0.2) is 30.3 Å². The molecule has 2 aliphatic rings. The molecule has 0 spiro atoms. The van der Waals surface area contributed by atoms with Crippen LogP contribution in [0, 0.1) is 0 Å². The molecule has 0 unspecified atom stereocenters. The summed E-state index contributed by atoms with van der Waals surface area (Å²) in [6.45, 7) is 6.73. The molecule has 0 aromatic heterocycles. The van der Waals surface area contributed by atoms with Crippen molar-refractivity contribution in [3.05, 3.63) is 35.9 Å². The second kappa shape index (κ2) is 10.2. The van der Waals surface area contributed by atoms with Gasteiger partial charge in [-0.1, -0.05) is 30.3 Å². The van der Waals surface area contributed by atoms with Crippen LogP contribution in [0.25, 0.3) is 0 Å². The van der Waals surface area contributed by atoms with E-state index in [-0.39, 0.29) is 24.2 Å². The first-order valence-corrected chi connectivity index (χ1v) is 10.1. The fourth-order valence-electron chi connectivity index (χ4n) is 4.01. The summed E-state index contributed by atoms with van der Waals surface area (Å²) in [6, 6.07) is 10.1. The van der Waals surface area contributed by atoms with Crippen molar-refractivity contribution in [1.82, 2.24) is 9.80 Å². The molecule has 27 heavy (non-hydrogen) atoms. The van der Waals surface area contributed by atoms with Crippen molar-refractivity contribution in [1.29, 1.82) is 0 Å². The molecule has 0 saturated carbocycles. The molecule has 2 atom stereocenters. The van der Waals surface area contributed by atoms with Crippen molar-refractivity contribution in [3.8, 4) is 0 Å². The molecule has 1 aromatic carbocycles. The lowest BCUT2D eigenvalue weighted by atomic mass is 9.96. The molecule has 3 rings (SSSR count). The molecule has 1 N–H and O–H groups in total. The zero-order valence-corrected chi connectivity index (χ0v) is 16.3. The van der Waals surface area contributed by atoms with Crippen LogP contribution < -0.4 is 0 Å². The van der Waals surface area contributed by atoms with Gasteiger partial charge in [-0.25, -0.2) is 0 Å². The van der Waals surface area contributed by atoms with Crippen LogP contribution in [0.2, 0.25) is 0 Å². The van der Waals surface area contributed by atoms with E-state index in [1.54, 1.807) is 0 Å². The van der Waals surface area contributed by atoms with Gasteiger partial charge in [0.05, 0.1) is 37.9 Å². The van der Waals surface area contributed by atoms with Crippen LogP contribution in [0.3, 0.4) is 0 Å². The third kappa shape index (κ3) is 5.51. The number of benzene rings is 1. The van der Waals surface area contributed by atoms with Gasteiger partial charge in [-0.15, -0.1) is 0 Å². The molecular weight excluding hydrogens is 344 g/mol. The number of carbonyl (C=O) groups excluding carboxylic acids is 1. The topological polar surface area (TPSA) is 62.2 Å². The number of hydrogen-bond donors (Lipinski definition) is 1. The number of aliphatic hydroxyl groups excluding tert-OH is 1. The molecule has 1 aromatic rings. The number of likely N-dealkylation sites (tertiary alicyclic amines) is 1. The number of aliphatic hydroxyl groups is 1. The first-order valence-electron chi connectivity index (χ1n) is 10.1. The van der Waals surface area contributed by atoms with Crippen LogP contribution in [-0.2, 0) is 14.3 Å². The second-order valence-electron chi connectivity index (χ2n) is 7.33. The summed E-state index contributed by atoms with van der Waals surface area (Å²) in [7, 11) is 0. The first-order chi connectivity index (χ1) is 13.2. The number of amides is 1. The molecule has 1 amide bonds. The number of piperidine rings is 1. The molecule has 2 heterocycles.